The van der Waals surface area contributed by atoms with Crippen LogP contribution in [0.25, 0.3) is 0 Å². The van der Waals surface area contributed by atoms with Gasteiger partial charge in [-0.2, -0.15) is 8.42 Å². The SMILES string of the molecule is C=CCS(=O)(=O)O.CC1CCC(I)(c2ccccc2)C(c2ccccc2)C1. The fourth-order valence-electron chi connectivity index (χ4n) is 3.63. The van der Waals surface area contributed by atoms with E-state index in [4.69, 9.17) is 4.55 Å². The topological polar surface area (TPSA) is 54.4 Å². The van der Waals surface area contributed by atoms with Crippen LogP contribution in [0, 0.1) is 5.92 Å². The molecule has 2 aromatic rings. The van der Waals surface area contributed by atoms with E-state index >= 15 is 0 Å². The Hall–Kier alpha value is -1.18. The predicted molar refractivity (Wildman–Crippen MR) is 121 cm³/mol. The number of halogens is 1. The summed E-state index contributed by atoms with van der Waals surface area (Å²) in [5, 5.41) is 0. The highest BCUT2D eigenvalue weighted by Gasteiger charge is 2.42. The molecule has 0 spiro atoms. The van der Waals surface area contributed by atoms with Gasteiger partial charge in [0.2, 0.25) is 0 Å². The molecule has 1 aliphatic carbocycles. The van der Waals surface area contributed by atoms with Gasteiger partial charge in [-0.25, -0.2) is 0 Å². The quantitative estimate of drug-likeness (QED) is 0.244. The van der Waals surface area contributed by atoms with Gasteiger partial charge in [0.25, 0.3) is 10.1 Å². The lowest BCUT2D eigenvalue weighted by Crippen LogP contribution is -2.33. The molecule has 0 saturated heterocycles. The van der Waals surface area contributed by atoms with Crippen LogP contribution in [0.15, 0.2) is 73.3 Å². The standard InChI is InChI=1S/C19H21I.C3H6O3S/c1-15-12-13-19(20,17-10-6-3-7-11-17)18(14-15)16-8-4-2-5-9-16;1-2-3-7(4,5)6/h2-11,15,18H,12-14H2,1H3;2H,1,3H2,(H,4,5,6). The average molecular weight is 498 g/mol. The smallest absolute Gasteiger partial charge is 0.268 e. The van der Waals surface area contributed by atoms with E-state index in [1.165, 1.54) is 30.4 Å². The van der Waals surface area contributed by atoms with E-state index in [0.717, 1.165) is 12.0 Å². The Balaban J connectivity index is 0.000000321. The second kappa shape index (κ2) is 9.85. The van der Waals surface area contributed by atoms with Crippen LogP contribution in [0.4, 0.5) is 0 Å². The lowest BCUT2D eigenvalue weighted by atomic mass is 9.69. The van der Waals surface area contributed by atoms with Gasteiger partial charge in [0, 0.05) is 5.92 Å². The van der Waals surface area contributed by atoms with Gasteiger partial charge in [0.1, 0.15) is 0 Å². The Morgan fingerprint density at radius 3 is 2.19 bits per heavy atom. The fraction of sp³-hybridized carbons (Fsp3) is 0.364. The van der Waals surface area contributed by atoms with E-state index < -0.39 is 10.1 Å². The summed E-state index contributed by atoms with van der Waals surface area (Å²) in [5.74, 6) is 1.08. The highest BCUT2D eigenvalue weighted by molar-refractivity contribution is 14.1. The van der Waals surface area contributed by atoms with Crippen LogP contribution >= 0.6 is 22.6 Å². The monoisotopic (exact) mass is 498 g/mol. The molecule has 3 unspecified atom stereocenters. The van der Waals surface area contributed by atoms with Gasteiger partial charge in [-0.3, -0.25) is 4.55 Å². The Kier molecular flexibility index (Phi) is 8.06. The zero-order valence-corrected chi connectivity index (χ0v) is 18.6. The summed E-state index contributed by atoms with van der Waals surface area (Å²) in [4.78, 5) is 0. The number of hydrogen-bond acceptors (Lipinski definition) is 2. The lowest BCUT2D eigenvalue weighted by molar-refractivity contribution is 0.293. The van der Waals surface area contributed by atoms with E-state index in [1.54, 1.807) is 0 Å². The molecule has 1 fully saturated rings. The first-order valence-corrected chi connectivity index (χ1v) is 11.8. The van der Waals surface area contributed by atoms with Gasteiger partial charge < -0.3 is 0 Å². The highest BCUT2D eigenvalue weighted by atomic mass is 127. The van der Waals surface area contributed by atoms with E-state index in [9.17, 15) is 8.42 Å². The molecular weight excluding hydrogens is 471 g/mol. The van der Waals surface area contributed by atoms with Crippen molar-refractivity contribution in [2.45, 2.75) is 35.5 Å². The van der Waals surface area contributed by atoms with Crippen molar-refractivity contribution in [3.63, 3.8) is 0 Å². The van der Waals surface area contributed by atoms with Crippen LogP contribution < -0.4 is 0 Å². The second-order valence-electron chi connectivity index (χ2n) is 7.11. The largest absolute Gasteiger partial charge is 0.285 e. The average Bonchev–Trinajstić information content (AvgIpc) is 2.65. The molecule has 0 aliphatic heterocycles. The summed E-state index contributed by atoms with van der Waals surface area (Å²) >= 11 is 2.73. The van der Waals surface area contributed by atoms with Crippen molar-refractivity contribution in [3.8, 4) is 0 Å². The van der Waals surface area contributed by atoms with Gasteiger partial charge in [-0.05, 0) is 36.3 Å². The van der Waals surface area contributed by atoms with Crippen LogP contribution in [-0.2, 0) is 13.5 Å². The molecular formula is C22H27IO3S. The molecule has 1 saturated carbocycles. The molecule has 0 bridgehead atoms. The van der Waals surface area contributed by atoms with Crippen molar-refractivity contribution in [2.75, 3.05) is 5.75 Å². The molecule has 0 radical (unpaired) electrons. The van der Waals surface area contributed by atoms with Crippen molar-refractivity contribution in [2.24, 2.45) is 5.92 Å². The molecule has 3 rings (SSSR count). The lowest BCUT2D eigenvalue weighted by Gasteiger charge is -2.43. The van der Waals surface area contributed by atoms with Crippen LogP contribution in [0.3, 0.4) is 0 Å². The number of rotatable bonds is 4. The minimum absolute atomic E-state index is 0.243. The summed E-state index contributed by atoms with van der Waals surface area (Å²) in [5.41, 5.74) is 2.98. The first-order valence-electron chi connectivity index (χ1n) is 9.11. The fourth-order valence-corrected chi connectivity index (χ4v) is 5.22. The third-order valence-corrected chi connectivity index (χ3v) is 7.55. The minimum Gasteiger partial charge on any atom is -0.285 e. The van der Waals surface area contributed by atoms with E-state index in [1.807, 2.05) is 0 Å². The van der Waals surface area contributed by atoms with Gasteiger partial charge >= 0.3 is 0 Å². The minimum atomic E-state index is -3.79. The molecule has 0 heterocycles. The Morgan fingerprint density at radius 1 is 1.15 bits per heavy atom. The summed E-state index contributed by atoms with van der Waals surface area (Å²) in [6.45, 7) is 5.51. The molecule has 1 N–H and O–H groups in total. The van der Waals surface area contributed by atoms with E-state index in [2.05, 4.69) is 96.8 Å². The molecule has 146 valence electrons. The first-order chi connectivity index (χ1) is 12.8. The van der Waals surface area contributed by atoms with Crippen molar-refractivity contribution in [1.29, 1.82) is 0 Å². The Bertz CT molecular complexity index is 821. The van der Waals surface area contributed by atoms with E-state index in [-0.39, 0.29) is 9.17 Å². The molecule has 5 heteroatoms. The van der Waals surface area contributed by atoms with Gasteiger partial charge in [-0.15, -0.1) is 6.58 Å². The number of hydrogen-bond donors (Lipinski definition) is 1. The molecule has 27 heavy (non-hydrogen) atoms. The molecule has 3 nitrogen and oxygen atoms in total. The molecule has 0 amide bonds. The maximum absolute atomic E-state index is 9.72. The summed E-state index contributed by atoms with van der Waals surface area (Å²) in [6.07, 6.45) is 5.02. The summed E-state index contributed by atoms with van der Waals surface area (Å²) in [7, 11) is -3.79. The van der Waals surface area contributed by atoms with Crippen molar-refractivity contribution >= 4 is 32.7 Å². The van der Waals surface area contributed by atoms with Crippen molar-refractivity contribution < 1.29 is 13.0 Å². The maximum Gasteiger partial charge on any atom is 0.268 e. The van der Waals surface area contributed by atoms with E-state index in [0.29, 0.717) is 5.92 Å². The Morgan fingerprint density at radius 2 is 1.70 bits per heavy atom. The normalized spacial score (nSPS) is 25.1. The molecule has 1 aliphatic rings. The number of benzene rings is 2. The van der Waals surface area contributed by atoms with Crippen LogP contribution in [0.5, 0.6) is 0 Å². The third-order valence-electron chi connectivity index (χ3n) is 4.98. The third kappa shape index (κ3) is 6.43. The summed E-state index contributed by atoms with van der Waals surface area (Å²) in [6, 6.07) is 22.2. The predicted octanol–water partition coefficient (Wildman–Crippen LogP) is 5.98. The van der Waals surface area contributed by atoms with Crippen LogP contribution in [0.1, 0.15) is 43.2 Å². The zero-order valence-electron chi connectivity index (χ0n) is 15.6. The summed E-state index contributed by atoms with van der Waals surface area (Å²) < 4.78 is 27.6. The maximum atomic E-state index is 9.72. The molecule has 2 aromatic carbocycles. The van der Waals surface area contributed by atoms with Gasteiger partial charge in [0.05, 0.1) is 9.17 Å². The number of alkyl halides is 1. The molecule has 0 aromatic heterocycles. The van der Waals surface area contributed by atoms with Crippen LogP contribution in [-0.4, -0.2) is 18.7 Å². The Labute approximate surface area is 176 Å². The van der Waals surface area contributed by atoms with Crippen molar-refractivity contribution in [1.82, 2.24) is 0 Å². The van der Waals surface area contributed by atoms with Gasteiger partial charge in [0.15, 0.2) is 0 Å². The highest BCUT2D eigenvalue weighted by Crippen LogP contribution is 2.54. The molecule has 3 atom stereocenters. The van der Waals surface area contributed by atoms with Crippen molar-refractivity contribution in [3.05, 3.63) is 84.4 Å². The second-order valence-corrected chi connectivity index (χ2v) is 10.5. The first kappa shape index (κ1) is 22.1. The van der Waals surface area contributed by atoms with Crippen LogP contribution in [0.2, 0.25) is 0 Å². The zero-order chi connectivity index (χ0) is 19.9. The van der Waals surface area contributed by atoms with Gasteiger partial charge in [-0.1, -0.05) is 96.3 Å².